The Morgan fingerprint density at radius 3 is 2.51 bits per heavy atom. The van der Waals surface area contributed by atoms with Crippen LogP contribution < -0.4 is 5.32 Å². The predicted octanol–water partition coefficient (Wildman–Crippen LogP) is 6.75. The van der Waals surface area contributed by atoms with Crippen LogP contribution in [0.25, 0.3) is 31.7 Å². The van der Waals surface area contributed by atoms with Crippen LogP contribution in [0.4, 0.5) is 5.82 Å². The maximum atomic E-state index is 5.28. The van der Waals surface area contributed by atoms with Crippen LogP contribution >= 0.6 is 23.1 Å². The van der Waals surface area contributed by atoms with Gasteiger partial charge in [-0.05, 0) is 36.0 Å². The molecule has 0 fully saturated rings. The Hall–Kier alpha value is -3.00. The molecule has 176 valence electrons. The fourth-order valence-corrected chi connectivity index (χ4v) is 6.67. The number of fused-ring (bicyclic) bond motifs is 5. The maximum absolute atomic E-state index is 5.28. The largest absolute Gasteiger partial charge is 0.383 e. The van der Waals surface area contributed by atoms with Crippen molar-refractivity contribution in [1.29, 1.82) is 0 Å². The summed E-state index contributed by atoms with van der Waals surface area (Å²) in [5, 5.41) is 5.51. The highest BCUT2D eigenvalue weighted by Crippen LogP contribution is 2.44. The van der Waals surface area contributed by atoms with Gasteiger partial charge in [0.1, 0.15) is 10.6 Å². The van der Waals surface area contributed by atoms with Crippen molar-refractivity contribution in [3.05, 3.63) is 77.4 Å². The minimum atomic E-state index is 0.620. The van der Waals surface area contributed by atoms with Crippen LogP contribution in [0, 0.1) is 0 Å². The van der Waals surface area contributed by atoms with Crippen LogP contribution in [0.2, 0.25) is 0 Å². The number of anilines is 1. The summed E-state index contributed by atoms with van der Waals surface area (Å²) in [6, 6.07) is 21.0. The quantitative estimate of drug-likeness (QED) is 0.145. The van der Waals surface area contributed by atoms with Gasteiger partial charge in [0.25, 0.3) is 0 Å². The van der Waals surface area contributed by atoms with Crippen molar-refractivity contribution >= 4 is 49.3 Å². The van der Waals surface area contributed by atoms with E-state index in [1.54, 1.807) is 30.2 Å². The molecule has 6 rings (SSSR count). The second-order valence-corrected chi connectivity index (χ2v) is 10.6. The van der Waals surface area contributed by atoms with Crippen molar-refractivity contribution in [2.75, 3.05) is 25.6 Å². The van der Waals surface area contributed by atoms with E-state index in [4.69, 9.17) is 19.7 Å². The summed E-state index contributed by atoms with van der Waals surface area (Å²) in [7, 11) is 1.72. The molecule has 0 bridgehead atoms. The summed E-state index contributed by atoms with van der Waals surface area (Å²) in [5.74, 6) is 1.71. The predicted molar refractivity (Wildman–Crippen MR) is 147 cm³/mol. The first-order valence-electron chi connectivity index (χ1n) is 11.9. The summed E-state index contributed by atoms with van der Waals surface area (Å²) in [6.45, 7) is 1.31. The number of thiophene rings is 1. The lowest BCUT2D eigenvalue weighted by molar-refractivity contribution is 0.210. The Bertz CT molecular complexity index is 1490. The van der Waals surface area contributed by atoms with Crippen molar-refractivity contribution in [2.45, 2.75) is 30.2 Å². The molecule has 3 aromatic heterocycles. The zero-order valence-corrected chi connectivity index (χ0v) is 21.2. The lowest BCUT2D eigenvalue weighted by Gasteiger charge is -2.10. The van der Waals surface area contributed by atoms with E-state index < -0.39 is 0 Å². The Balaban J connectivity index is 1.50. The molecule has 7 heteroatoms. The molecular weight excluding hydrogens is 472 g/mol. The lowest BCUT2D eigenvalue weighted by atomic mass is 10.0. The molecule has 0 spiro atoms. The molecule has 5 nitrogen and oxygen atoms in total. The van der Waals surface area contributed by atoms with Gasteiger partial charge in [0.15, 0.2) is 5.16 Å². The normalized spacial score (nSPS) is 12.9. The van der Waals surface area contributed by atoms with E-state index in [9.17, 15) is 0 Å². The van der Waals surface area contributed by atoms with Gasteiger partial charge in [-0.2, -0.15) is 0 Å². The van der Waals surface area contributed by atoms with Crippen molar-refractivity contribution in [1.82, 2.24) is 15.0 Å². The Morgan fingerprint density at radius 1 is 0.943 bits per heavy atom. The number of thioether (sulfide) groups is 1. The maximum Gasteiger partial charge on any atom is 0.190 e. The van der Waals surface area contributed by atoms with Gasteiger partial charge in [-0.3, -0.25) is 0 Å². The Kier molecular flexibility index (Phi) is 6.37. The summed E-state index contributed by atoms with van der Waals surface area (Å²) in [5.41, 5.74) is 7.41. The minimum Gasteiger partial charge on any atom is -0.383 e. The summed E-state index contributed by atoms with van der Waals surface area (Å²) >= 11 is 3.37. The van der Waals surface area contributed by atoms with Crippen molar-refractivity contribution in [2.24, 2.45) is 0 Å². The number of nitrogens with one attached hydrogen (secondary N) is 1. The van der Waals surface area contributed by atoms with Gasteiger partial charge < -0.3 is 10.1 Å². The molecule has 2 aromatic carbocycles. The fourth-order valence-electron chi connectivity index (χ4n) is 4.76. The van der Waals surface area contributed by atoms with E-state index in [0.29, 0.717) is 13.2 Å². The molecule has 35 heavy (non-hydrogen) atoms. The zero-order chi connectivity index (χ0) is 23.6. The second kappa shape index (κ2) is 9.93. The summed E-state index contributed by atoms with van der Waals surface area (Å²) in [4.78, 5) is 16.3. The molecule has 0 amide bonds. The highest BCUT2D eigenvalue weighted by atomic mass is 32.2. The van der Waals surface area contributed by atoms with Crippen LogP contribution in [-0.4, -0.2) is 35.2 Å². The monoisotopic (exact) mass is 498 g/mol. The molecular formula is C28H26N4OS2. The lowest BCUT2D eigenvalue weighted by Crippen LogP contribution is -2.09. The third kappa shape index (κ3) is 4.40. The number of hydrogen-bond donors (Lipinski definition) is 1. The number of ether oxygens (including phenoxy) is 1. The van der Waals surface area contributed by atoms with Crippen molar-refractivity contribution < 1.29 is 4.74 Å². The summed E-state index contributed by atoms with van der Waals surface area (Å²) < 4.78 is 6.35. The fraction of sp³-hybridized carbons (Fsp3) is 0.250. The van der Waals surface area contributed by atoms with E-state index in [2.05, 4.69) is 59.9 Å². The van der Waals surface area contributed by atoms with Crippen molar-refractivity contribution in [3.8, 4) is 11.3 Å². The highest BCUT2D eigenvalue weighted by Gasteiger charge is 2.25. The van der Waals surface area contributed by atoms with Crippen LogP contribution in [0.15, 0.2) is 65.8 Å². The number of methoxy groups -OCH3 is 1. The van der Waals surface area contributed by atoms with Gasteiger partial charge >= 0.3 is 0 Å². The molecule has 0 radical (unpaired) electrons. The number of aryl methyl sites for hydroxylation is 1. The van der Waals surface area contributed by atoms with E-state index in [0.717, 1.165) is 56.7 Å². The standard InChI is InChI=1S/C28H26N4OS2/c1-33-16-15-29-26-25-24(31-28(32-26)34-17-18-9-4-2-5-10-18)22-20-13-8-14-21(20)23(30-27(22)35-25)19-11-6-3-7-12-19/h2-7,9-12H,8,13-17H2,1H3,(H,29,31,32). The van der Waals surface area contributed by atoms with Gasteiger partial charge in [-0.15, -0.1) is 11.3 Å². The summed E-state index contributed by atoms with van der Waals surface area (Å²) in [6.07, 6.45) is 3.30. The molecule has 1 N–H and O–H groups in total. The van der Waals surface area contributed by atoms with Crippen LogP contribution in [0.5, 0.6) is 0 Å². The van der Waals surface area contributed by atoms with E-state index in [-0.39, 0.29) is 0 Å². The first-order valence-corrected chi connectivity index (χ1v) is 13.7. The number of nitrogens with zero attached hydrogens (tertiary/aromatic N) is 3. The molecule has 0 unspecified atom stereocenters. The van der Waals surface area contributed by atoms with Crippen LogP contribution in [0.3, 0.4) is 0 Å². The topological polar surface area (TPSA) is 59.9 Å². The molecule has 0 saturated carbocycles. The Labute approximate surface area is 213 Å². The smallest absolute Gasteiger partial charge is 0.190 e. The number of aromatic nitrogens is 3. The average molecular weight is 499 g/mol. The molecule has 0 atom stereocenters. The second-order valence-electron chi connectivity index (χ2n) is 8.65. The molecule has 3 heterocycles. The molecule has 0 saturated heterocycles. The average Bonchev–Trinajstić information content (AvgIpc) is 3.53. The van der Waals surface area contributed by atoms with E-state index >= 15 is 0 Å². The number of hydrogen-bond acceptors (Lipinski definition) is 7. The van der Waals surface area contributed by atoms with Gasteiger partial charge in [-0.1, -0.05) is 72.4 Å². The van der Waals surface area contributed by atoms with Gasteiger partial charge in [0.05, 0.1) is 22.5 Å². The van der Waals surface area contributed by atoms with Crippen LogP contribution in [0.1, 0.15) is 23.1 Å². The van der Waals surface area contributed by atoms with Gasteiger partial charge in [-0.25, -0.2) is 15.0 Å². The van der Waals surface area contributed by atoms with Crippen LogP contribution in [-0.2, 0) is 23.3 Å². The SMILES string of the molecule is COCCNc1nc(SCc2ccccc2)nc2c1sc1nc(-c3ccccc3)c3c(c12)CCC3. The first-order chi connectivity index (χ1) is 17.3. The molecule has 1 aliphatic rings. The third-order valence-corrected chi connectivity index (χ3v) is 8.37. The van der Waals surface area contributed by atoms with Gasteiger partial charge in [0.2, 0.25) is 0 Å². The minimum absolute atomic E-state index is 0.620. The Morgan fingerprint density at radius 2 is 1.71 bits per heavy atom. The third-order valence-electron chi connectivity index (χ3n) is 6.37. The van der Waals surface area contributed by atoms with Crippen molar-refractivity contribution in [3.63, 3.8) is 0 Å². The van der Waals surface area contributed by atoms with E-state index in [1.165, 1.54) is 27.6 Å². The molecule has 0 aliphatic heterocycles. The van der Waals surface area contributed by atoms with Gasteiger partial charge in [0, 0.05) is 30.4 Å². The zero-order valence-electron chi connectivity index (χ0n) is 19.6. The van der Waals surface area contributed by atoms with E-state index in [1.807, 2.05) is 6.07 Å². The highest BCUT2D eigenvalue weighted by molar-refractivity contribution is 7.98. The first kappa shape index (κ1) is 22.5. The number of pyridine rings is 1. The number of benzene rings is 2. The molecule has 5 aromatic rings. The molecule has 1 aliphatic carbocycles. The number of rotatable bonds is 8.